The number of carbonyl (C=O) groups excluding carboxylic acids is 2. The molecule has 108 valence electrons. The zero-order valence-corrected chi connectivity index (χ0v) is 12.0. The molecular formula is C13H16ClN3O3. The molecule has 6 nitrogen and oxygen atoms in total. The third kappa shape index (κ3) is 3.26. The SMILES string of the molecule is COCC(=O)N1CCN(C(=O)c2cnccc2Cl)CC1. The first-order valence-electron chi connectivity index (χ1n) is 6.29. The number of amides is 2. The van der Waals surface area contributed by atoms with Crippen LogP contribution in [0.25, 0.3) is 0 Å². The summed E-state index contributed by atoms with van der Waals surface area (Å²) in [7, 11) is 1.49. The van der Waals surface area contributed by atoms with Gasteiger partial charge in [0, 0.05) is 45.7 Å². The number of methoxy groups -OCH3 is 1. The highest BCUT2D eigenvalue weighted by molar-refractivity contribution is 6.33. The summed E-state index contributed by atoms with van der Waals surface area (Å²) in [6.07, 6.45) is 3.01. The highest BCUT2D eigenvalue weighted by Crippen LogP contribution is 2.17. The summed E-state index contributed by atoms with van der Waals surface area (Å²) in [6, 6.07) is 1.59. The Balaban J connectivity index is 1.96. The van der Waals surface area contributed by atoms with Crippen LogP contribution in [0.3, 0.4) is 0 Å². The van der Waals surface area contributed by atoms with Crippen LogP contribution in [0.15, 0.2) is 18.5 Å². The van der Waals surface area contributed by atoms with Crippen LogP contribution in [0.4, 0.5) is 0 Å². The minimum Gasteiger partial charge on any atom is -0.375 e. The van der Waals surface area contributed by atoms with Crippen LogP contribution in [-0.4, -0.2) is 66.5 Å². The fourth-order valence-corrected chi connectivity index (χ4v) is 2.26. The highest BCUT2D eigenvalue weighted by Gasteiger charge is 2.25. The number of hydrogen-bond donors (Lipinski definition) is 0. The second kappa shape index (κ2) is 6.67. The highest BCUT2D eigenvalue weighted by atomic mass is 35.5. The average Bonchev–Trinajstić information content (AvgIpc) is 2.47. The number of rotatable bonds is 3. The van der Waals surface area contributed by atoms with Gasteiger partial charge in [-0.1, -0.05) is 11.6 Å². The lowest BCUT2D eigenvalue weighted by atomic mass is 10.2. The summed E-state index contributed by atoms with van der Waals surface area (Å²) >= 11 is 5.99. The first kappa shape index (κ1) is 14.7. The van der Waals surface area contributed by atoms with E-state index in [1.807, 2.05) is 0 Å². The Kier molecular flexibility index (Phi) is 4.92. The van der Waals surface area contributed by atoms with Crippen molar-refractivity contribution in [3.8, 4) is 0 Å². The van der Waals surface area contributed by atoms with E-state index in [-0.39, 0.29) is 18.4 Å². The van der Waals surface area contributed by atoms with Crippen LogP contribution in [-0.2, 0) is 9.53 Å². The molecule has 0 unspecified atom stereocenters. The fraction of sp³-hybridized carbons (Fsp3) is 0.462. The lowest BCUT2D eigenvalue weighted by Gasteiger charge is -2.34. The van der Waals surface area contributed by atoms with Crippen LogP contribution in [0, 0.1) is 0 Å². The zero-order chi connectivity index (χ0) is 14.5. The fourth-order valence-electron chi connectivity index (χ4n) is 2.08. The van der Waals surface area contributed by atoms with Crippen LogP contribution in [0.1, 0.15) is 10.4 Å². The molecule has 0 spiro atoms. The second-order valence-electron chi connectivity index (χ2n) is 4.46. The quantitative estimate of drug-likeness (QED) is 0.822. The summed E-state index contributed by atoms with van der Waals surface area (Å²) in [5.74, 6) is -0.207. The molecule has 20 heavy (non-hydrogen) atoms. The van der Waals surface area contributed by atoms with Gasteiger partial charge in [-0.3, -0.25) is 14.6 Å². The van der Waals surface area contributed by atoms with E-state index in [0.717, 1.165) is 0 Å². The second-order valence-corrected chi connectivity index (χ2v) is 4.87. The normalized spacial score (nSPS) is 15.3. The molecule has 2 rings (SSSR count). The standard InChI is InChI=1S/C13H16ClN3O3/c1-20-9-12(18)16-4-6-17(7-5-16)13(19)10-8-15-3-2-11(10)14/h2-3,8H,4-7,9H2,1H3. The molecule has 0 saturated carbocycles. The molecule has 2 amide bonds. The molecule has 1 aliphatic heterocycles. The molecule has 1 aliphatic rings. The van der Waals surface area contributed by atoms with Crippen molar-refractivity contribution in [2.24, 2.45) is 0 Å². The summed E-state index contributed by atoms with van der Waals surface area (Å²) in [6.45, 7) is 2.05. The van der Waals surface area contributed by atoms with Crippen molar-refractivity contribution in [1.29, 1.82) is 0 Å². The number of ether oxygens (including phenoxy) is 1. The number of pyridine rings is 1. The molecule has 0 atom stereocenters. The van der Waals surface area contributed by atoms with E-state index in [2.05, 4.69) is 4.98 Å². The van der Waals surface area contributed by atoms with Crippen LogP contribution in [0.2, 0.25) is 5.02 Å². The zero-order valence-electron chi connectivity index (χ0n) is 11.2. The maximum absolute atomic E-state index is 12.3. The first-order chi connectivity index (χ1) is 9.63. The van der Waals surface area contributed by atoms with E-state index in [1.165, 1.54) is 13.3 Å². The van der Waals surface area contributed by atoms with Gasteiger partial charge >= 0.3 is 0 Å². The Morgan fingerprint density at radius 1 is 1.30 bits per heavy atom. The maximum atomic E-state index is 12.3. The topological polar surface area (TPSA) is 62.7 Å². The van der Waals surface area contributed by atoms with Gasteiger partial charge in [0.2, 0.25) is 5.91 Å². The number of nitrogens with zero attached hydrogens (tertiary/aromatic N) is 3. The largest absolute Gasteiger partial charge is 0.375 e. The summed E-state index contributed by atoms with van der Waals surface area (Å²) < 4.78 is 4.82. The van der Waals surface area contributed by atoms with Crippen molar-refractivity contribution in [3.63, 3.8) is 0 Å². The Morgan fingerprint density at radius 2 is 1.95 bits per heavy atom. The molecule has 0 N–H and O–H groups in total. The molecule has 0 radical (unpaired) electrons. The molecule has 0 aromatic carbocycles. The molecule has 1 aromatic heterocycles. The average molecular weight is 298 g/mol. The van der Waals surface area contributed by atoms with Crippen LogP contribution in [0.5, 0.6) is 0 Å². The third-order valence-corrected chi connectivity index (χ3v) is 3.52. The van der Waals surface area contributed by atoms with E-state index < -0.39 is 0 Å². The maximum Gasteiger partial charge on any atom is 0.257 e. The molecule has 0 aliphatic carbocycles. The predicted octanol–water partition coefficient (Wildman–Crippen LogP) is 0.666. The predicted molar refractivity (Wildman–Crippen MR) is 73.6 cm³/mol. The van der Waals surface area contributed by atoms with Gasteiger partial charge in [0.25, 0.3) is 5.91 Å². The van der Waals surface area contributed by atoms with Gasteiger partial charge < -0.3 is 14.5 Å². The monoisotopic (exact) mass is 297 g/mol. The van der Waals surface area contributed by atoms with Crippen molar-refractivity contribution < 1.29 is 14.3 Å². The lowest BCUT2D eigenvalue weighted by Crippen LogP contribution is -2.51. The Hall–Kier alpha value is -1.66. The van der Waals surface area contributed by atoms with Crippen molar-refractivity contribution >= 4 is 23.4 Å². The molecule has 2 heterocycles. The Morgan fingerprint density at radius 3 is 2.55 bits per heavy atom. The van der Waals surface area contributed by atoms with Crippen molar-refractivity contribution in [2.45, 2.75) is 0 Å². The van der Waals surface area contributed by atoms with Gasteiger partial charge in [0.1, 0.15) is 6.61 Å². The molecule has 0 bridgehead atoms. The number of aromatic nitrogens is 1. The van der Waals surface area contributed by atoms with Gasteiger partial charge in [0.05, 0.1) is 10.6 Å². The summed E-state index contributed by atoms with van der Waals surface area (Å²) in [4.78, 5) is 31.2. The van der Waals surface area contributed by atoms with E-state index in [1.54, 1.807) is 22.1 Å². The van der Waals surface area contributed by atoms with Gasteiger partial charge in [-0.25, -0.2) is 0 Å². The van der Waals surface area contributed by atoms with E-state index in [9.17, 15) is 9.59 Å². The Labute approximate surface area is 122 Å². The van der Waals surface area contributed by atoms with E-state index in [0.29, 0.717) is 36.8 Å². The van der Waals surface area contributed by atoms with Crippen LogP contribution < -0.4 is 0 Å². The van der Waals surface area contributed by atoms with E-state index in [4.69, 9.17) is 16.3 Å². The minimum atomic E-state index is -0.151. The first-order valence-corrected chi connectivity index (χ1v) is 6.66. The van der Waals surface area contributed by atoms with Crippen molar-refractivity contribution in [2.75, 3.05) is 39.9 Å². The van der Waals surface area contributed by atoms with E-state index >= 15 is 0 Å². The molecule has 1 aromatic rings. The lowest BCUT2D eigenvalue weighted by molar-refractivity contribution is -0.136. The van der Waals surface area contributed by atoms with Crippen LogP contribution >= 0.6 is 11.6 Å². The minimum absolute atomic E-state index is 0.0565. The van der Waals surface area contributed by atoms with Crippen molar-refractivity contribution in [3.05, 3.63) is 29.0 Å². The molecule has 7 heteroatoms. The van der Waals surface area contributed by atoms with Gasteiger partial charge in [-0.05, 0) is 6.07 Å². The number of carbonyl (C=O) groups is 2. The number of hydrogen-bond acceptors (Lipinski definition) is 4. The van der Waals surface area contributed by atoms with Gasteiger partial charge in [-0.2, -0.15) is 0 Å². The third-order valence-electron chi connectivity index (χ3n) is 3.19. The summed E-state index contributed by atoms with van der Waals surface area (Å²) in [5.41, 5.74) is 0.394. The Bertz CT molecular complexity index is 501. The number of halogens is 1. The number of piperazine rings is 1. The van der Waals surface area contributed by atoms with Gasteiger partial charge in [0.15, 0.2) is 0 Å². The van der Waals surface area contributed by atoms with Crippen molar-refractivity contribution in [1.82, 2.24) is 14.8 Å². The molecular weight excluding hydrogens is 282 g/mol. The molecule has 1 saturated heterocycles. The smallest absolute Gasteiger partial charge is 0.257 e. The van der Waals surface area contributed by atoms with Gasteiger partial charge in [-0.15, -0.1) is 0 Å². The summed E-state index contributed by atoms with van der Waals surface area (Å²) in [5, 5.41) is 0.392. The molecule has 1 fully saturated rings.